The quantitative estimate of drug-likeness (QED) is 0.771. The SMILES string of the molecule is COCC(Br)CNC(=O)c1cc(OC)ccc1Br. The lowest BCUT2D eigenvalue weighted by Crippen LogP contribution is -2.31. The van der Waals surface area contributed by atoms with Gasteiger partial charge in [-0.3, -0.25) is 4.79 Å². The Balaban J connectivity index is 2.66. The minimum Gasteiger partial charge on any atom is -0.497 e. The fraction of sp³-hybridized carbons (Fsp3) is 0.417. The maximum Gasteiger partial charge on any atom is 0.252 e. The summed E-state index contributed by atoms with van der Waals surface area (Å²) in [5.74, 6) is 0.497. The van der Waals surface area contributed by atoms with E-state index in [4.69, 9.17) is 9.47 Å². The summed E-state index contributed by atoms with van der Waals surface area (Å²) >= 11 is 6.75. The van der Waals surface area contributed by atoms with Gasteiger partial charge in [0.05, 0.1) is 24.1 Å². The van der Waals surface area contributed by atoms with E-state index in [2.05, 4.69) is 37.2 Å². The molecule has 1 N–H and O–H groups in total. The van der Waals surface area contributed by atoms with Gasteiger partial charge in [-0.25, -0.2) is 0 Å². The van der Waals surface area contributed by atoms with Crippen LogP contribution in [0.4, 0.5) is 0 Å². The first-order valence-corrected chi connectivity index (χ1v) is 7.04. The molecule has 0 aliphatic heterocycles. The first-order valence-electron chi connectivity index (χ1n) is 5.33. The molecule has 1 rings (SSSR count). The van der Waals surface area contributed by atoms with Crippen molar-refractivity contribution < 1.29 is 14.3 Å². The van der Waals surface area contributed by atoms with Crippen molar-refractivity contribution in [1.82, 2.24) is 5.32 Å². The lowest BCUT2D eigenvalue weighted by molar-refractivity contribution is 0.0949. The van der Waals surface area contributed by atoms with E-state index in [-0.39, 0.29) is 10.7 Å². The highest BCUT2D eigenvalue weighted by molar-refractivity contribution is 9.10. The molecule has 0 saturated carbocycles. The molecular weight excluding hydrogens is 366 g/mol. The van der Waals surface area contributed by atoms with Gasteiger partial charge in [-0.1, -0.05) is 15.9 Å². The molecule has 1 atom stereocenters. The summed E-state index contributed by atoms with van der Waals surface area (Å²) in [4.78, 5) is 12.1. The number of nitrogens with one attached hydrogen (secondary N) is 1. The fourth-order valence-electron chi connectivity index (χ4n) is 1.34. The van der Waals surface area contributed by atoms with Gasteiger partial charge in [-0.05, 0) is 34.1 Å². The van der Waals surface area contributed by atoms with Crippen molar-refractivity contribution in [2.24, 2.45) is 0 Å². The molecule has 1 aromatic rings. The molecule has 18 heavy (non-hydrogen) atoms. The summed E-state index contributed by atoms with van der Waals surface area (Å²) in [6.07, 6.45) is 0. The van der Waals surface area contributed by atoms with E-state index in [9.17, 15) is 4.79 Å². The third kappa shape index (κ3) is 4.59. The number of carbonyl (C=O) groups is 1. The van der Waals surface area contributed by atoms with Crippen molar-refractivity contribution in [2.75, 3.05) is 27.4 Å². The van der Waals surface area contributed by atoms with Gasteiger partial charge in [0.25, 0.3) is 5.91 Å². The molecule has 1 unspecified atom stereocenters. The second kappa shape index (κ2) is 7.76. The maximum absolute atomic E-state index is 12.0. The monoisotopic (exact) mass is 379 g/mol. The molecular formula is C12H15Br2NO3. The average molecular weight is 381 g/mol. The predicted octanol–water partition coefficient (Wildman–Crippen LogP) is 2.60. The number of alkyl halides is 1. The normalized spacial score (nSPS) is 12.0. The molecule has 4 nitrogen and oxygen atoms in total. The number of ether oxygens (including phenoxy) is 2. The van der Waals surface area contributed by atoms with Crippen molar-refractivity contribution in [3.05, 3.63) is 28.2 Å². The van der Waals surface area contributed by atoms with Gasteiger partial charge in [-0.15, -0.1) is 0 Å². The van der Waals surface area contributed by atoms with E-state index in [1.807, 2.05) is 0 Å². The second-order valence-electron chi connectivity index (χ2n) is 3.61. The van der Waals surface area contributed by atoms with E-state index in [0.29, 0.717) is 24.5 Å². The summed E-state index contributed by atoms with van der Waals surface area (Å²) in [5, 5.41) is 2.82. The zero-order valence-corrected chi connectivity index (χ0v) is 13.4. The second-order valence-corrected chi connectivity index (χ2v) is 5.76. The fourth-order valence-corrected chi connectivity index (χ4v) is 2.20. The highest BCUT2D eigenvalue weighted by Gasteiger charge is 2.12. The Bertz CT molecular complexity index is 412. The van der Waals surface area contributed by atoms with Crippen LogP contribution in [0.15, 0.2) is 22.7 Å². The van der Waals surface area contributed by atoms with Gasteiger partial charge in [0.2, 0.25) is 0 Å². The van der Waals surface area contributed by atoms with Crippen LogP contribution in [-0.2, 0) is 4.74 Å². The number of carbonyl (C=O) groups excluding carboxylic acids is 1. The first kappa shape index (κ1) is 15.5. The molecule has 0 saturated heterocycles. The summed E-state index contributed by atoms with van der Waals surface area (Å²) in [6, 6.07) is 5.27. The minimum atomic E-state index is -0.152. The molecule has 0 heterocycles. The minimum absolute atomic E-state index is 0.0934. The molecule has 0 aliphatic rings. The molecule has 0 aromatic heterocycles. The largest absolute Gasteiger partial charge is 0.497 e. The Morgan fingerprint density at radius 3 is 2.78 bits per heavy atom. The summed E-state index contributed by atoms with van der Waals surface area (Å²) < 4.78 is 10.8. The van der Waals surface area contributed by atoms with Crippen molar-refractivity contribution >= 4 is 37.8 Å². The Hall–Kier alpha value is -0.590. The Morgan fingerprint density at radius 1 is 1.44 bits per heavy atom. The number of amides is 1. The molecule has 100 valence electrons. The molecule has 0 fully saturated rings. The summed E-state index contributed by atoms with van der Waals surface area (Å²) in [5.41, 5.74) is 0.548. The van der Waals surface area contributed by atoms with E-state index in [1.165, 1.54) is 0 Å². The van der Waals surface area contributed by atoms with Crippen LogP contribution in [0.3, 0.4) is 0 Å². The van der Waals surface area contributed by atoms with Crippen LogP contribution in [0, 0.1) is 0 Å². The van der Waals surface area contributed by atoms with E-state index < -0.39 is 0 Å². The highest BCUT2D eigenvalue weighted by Crippen LogP contribution is 2.22. The number of rotatable bonds is 6. The van der Waals surface area contributed by atoms with Crippen LogP contribution >= 0.6 is 31.9 Å². The van der Waals surface area contributed by atoms with Crippen LogP contribution in [0.1, 0.15) is 10.4 Å². The van der Waals surface area contributed by atoms with Crippen LogP contribution in [0.25, 0.3) is 0 Å². The van der Waals surface area contributed by atoms with Crippen LogP contribution in [0.2, 0.25) is 0 Å². The van der Waals surface area contributed by atoms with Crippen LogP contribution in [-0.4, -0.2) is 38.1 Å². The molecule has 1 amide bonds. The van der Waals surface area contributed by atoms with Gasteiger partial charge in [0.1, 0.15) is 5.75 Å². The van der Waals surface area contributed by atoms with Gasteiger partial charge in [-0.2, -0.15) is 0 Å². The molecule has 0 radical (unpaired) electrons. The summed E-state index contributed by atoms with van der Waals surface area (Å²) in [6.45, 7) is 1.04. The lowest BCUT2D eigenvalue weighted by atomic mass is 10.2. The standard InChI is InChI=1S/C12H15Br2NO3/c1-17-7-8(13)6-15-12(16)10-5-9(18-2)3-4-11(10)14/h3-5,8H,6-7H2,1-2H3,(H,15,16). The molecule has 1 aromatic carbocycles. The topological polar surface area (TPSA) is 47.6 Å². The number of methoxy groups -OCH3 is 2. The number of hydrogen-bond acceptors (Lipinski definition) is 3. The van der Waals surface area contributed by atoms with Crippen molar-refractivity contribution in [3.63, 3.8) is 0 Å². The zero-order chi connectivity index (χ0) is 13.5. The van der Waals surface area contributed by atoms with Gasteiger partial charge >= 0.3 is 0 Å². The third-order valence-corrected chi connectivity index (χ3v) is 3.53. The van der Waals surface area contributed by atoms with Crippen molar-refractivity contribution in [3.8, 4) is 5.75 Å². The van der Waals surface area contributed by atoms with E-state index >= 15 is 0 Å². The van der Waals surface area contributed by atoms with Crippen molar-refractivity contribution in [2.45, 2.75) is 4.83 Å². The third-order valence-electron chi connectivity index (χ3n) is 2.25. The maximum atomic E-state index is 12.0. The molecule has 0 spiro atoms. The Morgan fingerprint density at radius 2 is 2.17 bits per heavy atom. The number of halogens is 2. The smallest absolute Gasteiger partial charge is 0.252 e. The van der Waals surface area contributed by atoms with Gasteiger partial charge in [0, 0.05) is 18.1 Å². The van der Waals surface area contributed by atoms with Crippen LogP contribution in [0.5, 0.6) is 5.75 Å². The lowest BCUT2D eigenvalue weighted by Gasteiger charge is -2.11. The van der Waals surface area contributed by atoms with Gasteiger partial charge < -0.3 is 14.8 Å². The molecule has 0 aliphatic carbocycles. The highest BCUT2D eigenvalue weighted by atomic mass is 79.9. The van der Waals surface area contributed by atoms with E-state index in [0.717, 1.165) is 4.47 Å². The number of benzene rings is 1. The molecule has 0 bridgehead atoms. The van der Waals surface area contributed by atoms with Crippen LogP contribution < -0.4 is 10.1 Å². The number of hydrogen-bond donors (Lipinski definition) is 1. The average Bonchev–Trinajstić information content (AvgIpc) is 2.37. The van der Waals surface area contributed by atoms with E-state index in [1.54, 1.807) is 32.4 Å². The molecule has 6 heteroatoms. The van der Waals surface area contributed by atoms with Gasteiger partial charge in [0.15, 0.2) is 0 Å². The predicted molar refractivity (Wildman–Crippen MR) is 77.6 cm³/mol. The Labute approximate surface area is 123 Å². The zero-order valence-electron chi connectivity index (χ0n) is 10.2. The Kier molecular flexibility index (Phi) is 6.67. The van der Waals surface area contributed by atoms with Crippen molar-refractivity contribution in [1.29, 1.82) is 0 Å². The first-order chi connectivity index (χ1) is 8.58. The summed E-state index contributed by atoms with van der Waals surface area (Å²) in [7, 11) is 3.19.